The van der Waals surface area contributed by atoms with Crippen LogP contribution in [0.25, 0.3) is 10.9 Å². The molecule has 1 aromatic heterocycles. The van der Waals surface area contributed by atoms with E-state index in [2.05, 4.69) is 29.4 Å². The van der Waals surface area contributed by atoms with Crippen LogP contribution in [0.5, 0.6) is 0 Å². The van der Waals surface area contributed by atoms with Crippen LogP contribution in [0, 0.1) is 17.2 Å². The predicted molar refractivity (Wildman–Crippen MR) is 125 cm³/mol. The highest BCUT2D eigenvalue weighted by Gasteiger charge is 2.31. The van der Waals surface area contributed by atoms with Crippen molar-refractivity contribution in [3.8, 4) is 0 Å². The number of likely N-dealkylation sites (tertiary alicyclic amines) is 1. The molecule has 4 rings (SSSR count). The summed E-state index contributed by atoms with van der Waals surface area (Å²) in [6, 6.07) is 9.25. The number of hydrogen-bond acceptors (Lipinski definition) is 4. The molecule has 1 aliphatic heterocycles. The van der Waals surface area contributed by atoms with Crippen LogP contribution < -0.4 is 5.73 Å². The summed E-state index contributed by atoms with van der Waals surface area (Å²) in [5.41, 5.74) is 8.07. The number of aromatic nitrogens is 1. The van der Waals surface area contributed by atoms with E-state index in [0.29, 0.717) is 6.04 Å². The van der Waals surface area contributed by atoms with Gasteiger partial charge in [-0.3, -0.25) is 0 Å². The van der Waals surface area contributed by atoms with Crippen LogP contribution in [0.1, 0.15) is 69.7 Å². The first kappa shape index (κ1) is 21.9. The topological polar surface area (TPSA) is 84.3 Å². The number of para-hydroxylation sites is 1. The van der Waals surface area contributed by atoms with Crippen molar-refractivity contribution in [2.45, 2.75) is 71.1 Å². The van der Waals surface area contributed by atoms with E-state index in [0.717, 1.165) is 66.0 Å². The summed E-state index contributed by atoms with van der Waals surface area (Å²) in [4.78, 5) is 14.0. The van der Waals surface area contributed by atoms with Gasteiger partial charge in [-0.25, -0.2) is 4.79 Å². The third-order valence-electron chi connectivity index (χ3n) is 7.62. The van der Waals surface area contributed by atoms with Gasteiger partial charge < -0.3 is 25.3 Å². The van der Waals surface area contributed by atoms with E-state index in [1.807, 2.05) is 18.2 Å². The SMILES string of the molecule is CC(C)C1CCC(N2CCC(n3c(COC(N)=O)c(C=N)c4ccccc43)CC2)CC1. The highest BCUT2D eigenvalue weighted by Crippen LogP contribution is 2.37. The van der Waals surface area contributed by atoms with Crippen LogP contribution in [0.4, 0.5) is 4.79 Å². The summed E-state index contributed by atoms with van der Waals surface area (Å²) in [7, 11) is 0. The molecule has 0 unspecified atom stereocenters. The highest BCUT2D eigenvalue weighted by atomic mass is 16.5. The maximum Gasteiger partial charge on any atom is 0.404 e. The number of carbonyl (C=O) groups is 1. The average molecular weight is 425 g/mol. The van der Waals surface area contributed by atoms with Crippen LogP contribution in [-0.2, 0) is 11.3 Å². The Morgan fingerprint density at radius 2 is 1.81 bits per heavy atom. The molecule has 2 fully saturated rings. The number of nitrogens with two attached hydrogens (primary N) is 1. The number of rotatable bonds is 6. The van der Waals surface area contributed by atoms with Crippen molar-refractivity contribution in [3.63, 3.8) is 0 Å². The molecular weight excluding hydrogens is 388 g/mol. The molecule has 6 heteroatoms. The number of fused-ring (bicyclic) bond motifs is 1. The van der Waals surface area contributed by atoms with Crippen molar-refractivity contribution in [2.24, 2.45) is 17.6 Å². The van der Waals surface area contributed by atoms with E-state index in [-0.39, 0.29) is 6.61 Å². The van der Waals surface area contributed by atoms with Crippen molar-refractivity contribution in [1.29, 1.82) is 5.41 Å². The van der Waals surface area contributed by atoms with Gasteiger partial charge in [0.25, 0.3) is 0 Å². The standard InChI is InChI=1S/C25H36N4O2/c1-17(2)18-7-9-19(10-8-18)28-13-11-20(12-14-28)29-23-6-4-3-5-21(23)22(15-26)24(29)16-31-25(27)30/h3-6,15,17-20,26H,7-14,16H2,1-2H3,(H2,27,30). The second-order valence-corrected chi connectivity index (χ2v) is 9.58. The Labute approximate surface area is 185 Å². The van der Waals surface area contributed by atoms with Gasteiger partial charge in [-0.1, -0.05) is 32.0 Å². The molecule has 168 valence electrons. The average Bonchev–Trinajstić information content (AvgIpc) is 3.11. The monoisotopic (exact) mass is 424 g/mol. The van der Waals surface area contributed by atoms with Crippen molar-refractivity contribution in [1.82, 2.24) is 9.47 Å². The molecule has 1 saturated heterocycles. The zero-order chi connectivity index (χ0) is 22.0. The number of amides is 1. The second-order valence-electron chi connectivity index (χ2n) is 9.58. The van der Waals surface area contributed by atoms with Gasteiger partial charge in [-0.2, -0.15) is 0 Å². The highest BCUT2D eigenvalue weighted by molar-refractivity contribution is 6.00. The summed E-state index contributed by atoms with van der Waals surface area (Å²) in [6.07, 6.45) is 8.13. The summed E-state index contributed by atoms with van der Waals surface area (Å²) in [6.45, 7) is 7.03. The summed E-state index contributed by atoms with van der Waals surface area (Å²) in [5.74, 6) is 1.70. The minimum Gasteiger partial charge on any atom is -0.443 e. The van der Waals surface area contributed by atoms with Gasteiger partial charge in [0, 0.05) is 47.9 Å². The quantitative estimate of drug-likeness (QED) is 0.634. The fourth-order valence-electron chi connectivity index (χ4n) is 5.85. The Kier molecular flexibility index (Phi) is 6.65. The lowest BCUT2D eigenvalue weighted by atomic mass is 9.79. The molecule has 3 N–H and O–H groups in total. The lowest BCUT2D eigenvalue weighted by Gasteiger charge is -2.42. The van der Waals surface area contributed by atoms with Crippen LogP contribution in [0.15, 0.2) is 24.3 Å². The molecule has 0 spiro atoms. The summed E-state index contributed by atoms with van der Waals surface area (Å²) < 4.78 is 7.49. The minimum absolute atomic E-state index is 0.105. The van der Waals surface area contributed by atoms with E-state index in [1.54, 1.807) is 0 Å². The maximum atomic E-state index is 11.3. The molecule has 1 aliphatic carbocycles. The van der Waals surface area contributed by atoms with Crippen LogP contribution in [0.2, 0.25) is 0 Å². The summed E-state index contributed by atoms with van der Waals surface area (Å²) >= 11 is 0. The molecule has 1 saturated carbocycles. The molecule has 0 bridgehead atoms. The smallest absolute Gasteiger partial charge is 0.404 e. The van der Waals surface area contributed by atoms with Gasteiger partial charge in [-0.15, -0.1) is 0 Å². The van der Waals surface area contributed by atoms with Crippen LogP contribution in [0.3, 0.4) is 0 Å². The number of hydrogen-bond donors (Lipinski definition) is 2. The van der Waals surface area contributed by atoms with Gasteiger partial charge in [-0.05, 0) is 56.4 Å². The molecule has 2 aromatic rings. The number of nitrogens with zero attached hydrogens (tertiary/aromatic N) is 2. The lowest BCUT2D eigenvalue weighted by Crippen LogP contribution is -2.44. The molecular formula is C25H36N4O2. The molecule has 31 heavy (non-hydrogen) atoms. The molecule has 2 aliphatic rings. The first-order valence-electron chi connectivity index (χ1n) is 11.8. The number of piperidine rings is 1. The normalized spacial score (nSPS) is 23.3. The van der Waals surface area contributed by atoms with Crippen molar-refractivity contribution >= 4 is 23.2 Å². The number of carbonyl (C=O) groups excluding carboxylic acids is 1. The summed E-state index contributed by atoms with van der Waals surface area (Å²) in [5, 5.41) is 9.01. The van der Waals surface area contributed by atoms with Crippen molar-refractivity contribution in [2.75, 3.05) is 13.1 Å². The lowest BCUT2D eigenvalue weighted by molar-refractivity contribution is 0.0876. The number of nitrogens with one attached hydrogen (secondary N) is 1. The number of primary amides is 1. The molecule has 0 radical (unpaired) electrons. The van der Waals surface area contributed by atoms with Crippen molar-refractivity contribution < 1.29 is 9.53 Å². The van der Waals surface area contributed by atoms with E-state index in [9.17, 15) is 4.79 Å². The van der Waals surface area contributed by atoms with Gasteiger partial charge in [0.2, 0.25) is 0 Å². The van der Waals surface area contributed by atoms with Crippen molar-refractivity contribution in [3.05, 3.63) is 35.5 Å². The van der Waals surface area contributed by atoms with Crippen LogP contribution in [-0.4, -0.2) is 40.9 Å². The Hall–Kier alpha value is -2.34. The first-order chi connectivity index (χ1) is 15.0. The largest absolute Gasteiger partial charge is 0.443 e. The minimum atomic E-state index is -0.778. The van der Waals surface area contributed by atoms with E-state index < -0.39 is 6.09 Å². The van der Waals surface area contributed by atoms with Gasteiger partial charge in [0.1, 0.15) is 6.61 Å². The zero-order valence-electron chi connectivity index (χ0n) is 18.8. The molecule has 1 amide bonds. The maximum absolute atomic E-state index is 11.3. The Bertz CT molecular complexity index is 919. The predicted octanol–water partition coefficient (Wildman–Crippen LogP) is 5.09. The zero-order valence-corrected chi connectivity index (χ0v) is 18.8. The second kappa shape index (κ2) is 9.43. The molecule has 6 nitrogen and oxygen atoms in total. The fourth-order valence-corrected chi connectivity index (χ4v) is 5.85. The Morgan fingerprint density at radius 1 is 1.13 bits per heavy atom. The van der Waals surface area contributed by atoms with Crippen LogP contribution >= 0.6 is 0 Å². The Morgan fingerprint density at radius 3 is 2.42 bits per heavy atom. The third kappa shape index (κ3) is 4.49. The van der Waals surface area contributed by atoms with E-state index >= 15 is 0 Å². The Balaban J connectivity index is 1.51. The first-order valence-corrected chi connectivity index (χ1v) is 11.8. The molecule has 2 heterocycles. The number of benzene rings is 1. The molecule has 0 atom stereocenters. The van der Waals surface area contributed by atoms with Gasteiger partial charge >= 0.3 is 6.09 Å². The van der Waals surface area contributed by atoms with E-state index in [1.165, 1.54) is 31.9 Å². The van der Waals surface area contributed by atoms with Gasteiger partial charge in [0.05, 0.1) is 5.69 Å². The van der Waals surface area contributed by atoms with Gasteiger partial charge in [0.15, 0.2) is 0 Å². The van der Waals surface area contributed by atoms with E-state index in [4.69, 9.17) is 15.9 Å². The molecule has 1 aromatic carbocycles. The third-order valence-corrected chi connectivity index (χ3v) is 7.62. The number of ether oxygens (including phenoxy) is 1. The fraction of sp³-hybridized carbons (Fsp3) is 0.600.